The molecule has 2 aromatic rings. The van der Waals surface area contributed by atoms with E-state index in [0.717, 1.165) is 22.4 Å². The first-order valence-corrected chi connectivity index (χ1v) is 7.10. The van der Waals surface area contributed by atoms with Crippen molar-refractivity contribution in [1.29, 1.82) is 0 Å². The molecule has 0 aliphatic heterocycles. The van der Waals surface area contributed by atoms with Gasteiger partial charge in [0.15, 0.2) is 11.6 Å². The Morgan fingerprint density at radius 1 is 1.00 bits per heavy atom. The van der Waals surface area contributed by atoms with Crippen molar-refractivity contribution >= 4 is 15.9 Å². The summed E-state index contributed by atoms with van der Waals surface area (Å²) >= 11 is 3.61. The molecule has 2 aromatic carbocycles. The fourth-order valence-corrected chi connectivity index (χ4v) is 2.71. The molecule has 0 N–H and O–H groups in total. The quantitative estimate of drug-likeness (QED) is 0.756. The second-order valence-electron chi connectivity index (χ2n) is 4.50. The molecule has 0 aliphatic rings. The first kappa shape index (κ1) is 14.9. The Bertz CT molecular complexity index is 613. The van der Waals surface area contributed by atoms with Gasteiger partial charge in [-0.1, -0.05) is 39.7 Å². The first-order chi connectivity index (χ1) is 9.56. The number of alkyl halides is 1. The minimum absolute atomic E-state index is 0.141. The highest BCUT2D eigenvalue weighted by Crippen LogP contribution is 2.38. The van der Waals surface area contributed by atoms with Crippen LogP contribution in [0.25, 0.3) is 0 Å². The Kier molecular flexibility index (Phi) is 4.65. The maximum absolute atomic E-state index is 13.8. The largest absolute Gasteiger partial charge is 0.496 e. The zero-order valence-electron chi connectivity index (χ0n) is 11.6. The van der Waals surface area contributed by atoms with Gasteiger partial charge in [0, 0.05) is 5.56 Å². The minimum Gasteiger partial charge on any atom is -0.496 e. The molecule has 2 rings (SSSR count). The first-order valence-electron chi connectivity index (χ1n) is 6.19. The number of halogens is 2. The SMILES string of the molecule is COc1ccc(C(Br)c2cc(C)ccc2OC)cc1F. The highest BCUT2D eigenvalue weighted by atomic mass is 79.9. The third-order valence-corrected chi connectivity index (χ3v) is 4.15. The van der Waals surface area contributed by atoms with Crippen molar-refractivity contribution in [3.8, 4) is 11.5 Å². The van der Waals surface area contributed by atoms with Crippen LogP contribution in [0.3, 0.4) is 0 Å². The molecule has 0 aromatic heterocycles. The van der Waals surface area contributed by atoms with Crippen molar-refractivity contribution in [1.82, 2.24) is 0 Å². The smallest absolute Gasteiger partial charge is 0.165 e. The summed E-state index contributed by atoms with van der Waals surface area (Å²) in [7, 11) is 3.08. The van der Waals surface area contributed by atoms with Crippen LogP contribution in [0.2, 0.25) is 0 Å². The molecule has 106 valence electrons. The summed E-state index contributed by atoms with van der Waals surface area (Å²) in [5, 5.41) is 0. The summed E-state index contributed by atoms with van der Waals surface area (Å²) in [4.78, 5) is -0.141. The predicted octanol–water partition coefficient (Wildman–Crippen LogP) is 4.64. The number of hydrogen-bond acceptors (Lipinski definition) is 2. The highest BCUT2D eigenvalue weighted by Gasteiger charge is 2.17. The normalized spacial score (nSPS) is 12.1. The summed E-state index contributed by atoms with van der Waals surface area (Å²) in [5.41, 5.74) is 2.91. The van der Waals surface area contributed by atoms with Gasteiger partial charge in [-0.25, -0.2) is 4.39 Å². The van der Waals surface area contributed by atoms with E-state index in [1.54, 1.807) is 13.2 Å². The third-order valence-electron chi connectivity index (χ3n) is 3.13. The van der Waals surface area contributed by atoms with Crippen molar-refractivity contribution in [2.75, 3.05) is 14.2 Å². The van der Waals surface area contributed by atoms with E-state index in [9.17, 15) is 4.39 Å². The molecule has 1 atom stereocenters. The van der Waals surface area contributed by atoms with E-state index in [2.05, 4.69) is 15.9 Å². The standard InChI is InChI=1S/C16H16BrFO2/c1-10-4-6-14(19-2)12(8-10)16(17)11-5-7-15(20-3)13(18)9-11/h4-9,16H,1-3H3. The van der Waals surface area contributed by atoms with E-state index >= 15 is 0 Å². The summed E-state index contributed by atoms with van der Waals surface area (Å²) in [6.45, 7) is 2.01. The van der Waals surface area contributed by atoms with E-state index in [-0.39, 0.29) is 16.4 Å². The number of hydrogen-bond donors (Lipinski definition) is 0. The predicted molar refractivity (Wildman–Crippen MR) is 81.5 cm³/mol. The van der Waals surface area contributed by atoms with Crippen LogP contribution in [0.15, 0.2) is 36.4 Å². The summed E-state index contributed by atoms with van der Waals surface area (Å²) in [5.74, 6) is 0.638. The molecule has 0 saturated carbocycles. The molecule has 0 aliphatic carbocycles. The van der Waals surface area contributed by atoms with E-state index in [4.69, 9.17) is 9.47 Å². The lowest BCUT2D eigenvalue weighted by Gasteiger charge is -2.16. The van der Waals surface area contributed by atoms with Gasteiger partial charge in [0.2, 0.25) is 0 Å². The van der Waals surface area contributed by atoms with Gasteiger partial charge >= 0.3 is 0 Å². The number of ether oxygens (including phenoxy) is 2. The summed E-state index contributed by atoms with van der Waals surface area (Å²) in [6, 6.07) is 10.9. The molecule has 0 bridgehead atoms. The minimum atomic E-state index is -0.374. The maximum atomic E-state index is 13.8. The van der Waals surface area contributed by atoms with Crippen molar-refractivity contribution in [3.05, 3.63) is 58.9 Å². The molecular formula is C16H16BrFO2. The molecule has 4 heteroatoms. The average Bonchev–Trinajstić information content (AvgIpc) is 2.46. The molecule has 0 saturated heterocycles. The molecule has 0 amide bonds. The average molecular weight is 339 g/mol. The maximum Gasteiger partial charge on any atom is 0.165 e. The van der Waals surface area contributed by atoms with Crippen LogP contribution in [0.5, 0.6) is 11.5 Å². The Morgan fingerprint density at radius 3 is 2.25 bits per heavy atom. The summed E-state index contributed by atoms with van der Waals surface area (Å²) in [6.07, 6.45) is 0. The van der Waals surface area contributed by atoms with Crippen molar-refractivity contribution in [3.63, 3.8) is 0 Å². The molecule has 0 fully saturated rings. The lowest BCUT2D eigenvalue weighted by Crippen LogP contribution is -1.99. The second-order valence-corrected chi connectivity index (χ2v) is 5.42. The fourth-order valence-electron chi connectivity index (χ4n) is 2.07. The van der Waals surface area contributed by atoms with Crippen LogP contribution in [-0.4, -0.2) is 14.2 Å². The van der Waals surface area contributed by atoms with Crippen LogP contribution >= 0.6 is 15.9 Å². The Labute approximate surface area is 126 Å². The van der Waals surface area contributed by atoms with E-state index < -0.39 is 0 Å². The van der Waals surface area contributed by atoms with Gasteiger partial charge in [-0.15, -0.1) is 0 Å². The molecule has 1 unspecified atom stereocenters. The molecule has 0 radical (unpaired) electrons. The molecular weight excluding hydrogens is 323 g/mol. The number of aryl methyl sites for hydroxylation is 1. The van der Waals surface area contributed by atoms with Crippen LogP contribution in [0.1, 0.15) is 21.5 Å². The lowest BCUT2D eigenvalue weighted by atomic mass is 10.0. The van der Waals surface area contributed by atoms with Crippen molar-refractivity contribution in [2.45, 2.75) is 11.8 Å². The van der Waals surface area contributed by atoms with Crippen LogP contribution in [-0.2, 0) is 0 Å². The van der Waals surface area contributed by atoms with Gasteiger partial charge in [-0.2, -0.15) is 0 Å². The number of benzene rings is 2. The Morgan fingerprint density at radius 2 is 1.65 bits per heavy atom. The van der Waals surface area contributed by atoms with Crippen molar-refractivity contribution < 1.29 is 13.9 Å². The van der Waals surface area contributed by atoms with Gasteiger partial charge in [0.05, 0.1) is 19.0 Å². The Hall–Kier alpha value is -1.55. The van der Waals surface area contributed by atoms with Crippen LogP contribution in [0.4, 0.5) is 4.39 Å². The van der Waals surface area contributed by atoms with Gasteiger partial charge in [-0.3, -0.25) is 0 Å². The van der Waals surface area contributed by atoms with Crippen LogP contribution in [0, 0.1) is 12.7 Å². The topological polar surface area (TPSA) is 18.5 Å². The van der Waals surface area contributed by atoms with Crippen LogP contribution < -0.4 is 9.47 Å². The molecule has 2 nitrogen and oxygen atoms in total. The molecule has 0 spiro atoms. The molecule has 20 heavy (non-hydrogen) atoms. The van der Waals surface area contributed by atoms with Crippen molar-refractivity contribution in [2.24, 2.45) is 0 Å². The zero-order valence-corrected chi connectivity index (χ0v) is 13.2. The van der Waals surface area contributed by atoms with E-state index in [1.165, 1.54) is 13.2 Å². The van der Waals surface area contributed by atoms with Gasteiger partial charge in [-0.05, 0) is 30.7 Å². The van der Waals surface area contributed by atoms with Gasteiger partial charge in [0.25, 0.3) is 0 Å². The lowest BCUT2D eigenvalue weighted by molar-refractivity contribution is 0.386. The van der Waals surface area contributed by atoms with Gasteiger partial charge in [0.1, 0.15) is 5.75 Å². The van der Waals surface area contributed by atoms with E-state index in [0.29, 0.717) is 0 Å². The number of methoxy groups -OCH3 is 2. The number of rotatable bonds is 4. The Balaban J connectivity index is 2.43. The van der Waals surface area contributed by atoms with E-state index in [1.807, 2.05) is 31.2 Å². The zero-order chi connectivity index (χ0) is 14.7. The third kappa shape index (κ3) is 2.96. The molecule has 0 heterocycles. The monoisotopic (exact) mass is 338 g/mol. The highest BCUT2D eigenvalue weighted by molar-refractivity contribution is 9.09. The van der Waals surface area contributed by atoms with Gasteiger partial charge < -0.3 is 9.47 Å². The fraction of sp³-hybridized carbons (Fsp3) is 0.250. The second kappa shape index (κ2) is 6.27. The summed E-state index contributed by atoms with van der Waals surface area (Å²) < 4.78 is 24.1.